The molecule has 2 aliphatic rings. The van der Waals surface area contributed by atoms with Gasteiger partial charge in [0.25, 0.3) is 0 Å². The molecular weight excluding hydrogens is 342 g/mol. The van der Waals surface area contributed by atoms with Gasteiger partial charge in [-0.25, -0.2) is 0 Å². The maximum Gasteiger partial charge on any atom is 0.125 e. The second-order valence-electron chi connectivity index (χ2n) is 8.11. The average Bonchev–Trinajstić information content (AvgIpc) is 2.94. The van der Waals surface area contributed by atoms with Gasteiger partial charge in [-0.3, -0.25) is 0 Å². The van der Waals surface area contributed by atoms with Crippen LogP contribution in [0.4, 0.5) is 5.69 Å². The van der Waals surface area contributed by atoms with Crippen LogP contribution in [-0.2, 0) is 5.41 Å². The van der Waals surface area contributed by atoms with Crippen LogP contribution in [-0.4, -0.2) is 6.61 Å². The number of rotatable bonds is 3. The van der Waals surface area contributed by atoms with Crippen LogP contribution in [0.5, 0.6) is 5.75 Å². The number of anilines is 1. The molecule has 3 aromatic rings. The Morgan fingerprint density at radius 1 is 0.929 bits per heavy atom. The van der Waals surface area contributed by atoms with Gasteiger partial charge in [0, 0.05) is 16.7 Å². The normalized spacial score (nSPS) is 18.0. The fraction of sp³-hybridized carbons (Fsp3) is 0.231. The van der Waals surface area contributed by atoms with Crippen molar-refractivity contribution in [3.8, 4) is 16.9 Å². The quantitative estimate of drug-likeness (QED) is 0.565. The van der Waals surface area contributed by atoms with Gasteiger partial charge < -0.3 is 10.1 Å². The predicted molar refractivity (Wildman–Crippen MR) is 117 cm³/mol. The first-order valence-electron chi connectivity index (χ1n) is 10.0. The van der Waals surface area contributed by atoms with E-state index in [1.54, 1.807) is 0 Å². The Kier molecular flexibility index (Phi) is 3.83. The monoisotopic (exact) mass is 367 g/mol. The van der Waals surface area contributed by atoms with E-state index in [2.05, 4.69) is 92.0 Å². The minimum absolute atomic E-state index is 0.0122. The summed E-state index contributed by atoms with van der Waals surface area (Å²) >= 11 is 0. The van der Waals surface area contributed by atoms with E-state index in [1.807, 2.05) is 6.92 Å². The molecule has 1 aliphatic carbocycles. The van der Waals surface area contributed by atoms with Gasteiger partial charge in [0.2, 0.25) is 0 Å². The molecule has 0 saturated carbocycles. The number of benzene rings is 3. The summed E-state index contributed by atoms with van der Waals surface area (Å²) in [7, 11) is 0. The molecule has 2 nitrogen and oxygen atoms in total. The van der Waals surface area contributed by atoms with E-state index in [9.17, 15) is 0 Å². The highest BCUT2D eigenvalue weighted by Gasteiger charge is 2.36. The molecule has 140 valence electrons. The van der Waals surface area contributed by atoms with Crippen LogP contribution < -0.4 is 10.1 Å². The molecule has 0 fully saturated rings. The summed E-state index contributed by atoms with van der Waals surface area (Å²) in [5, 5.41) is 3.68. The van der Waals surface area contributed by atoms with Gasteiger partial charge in [-0.2, -0.15) is 0 Å². The second kappa shape index (κ2) is 6.27. The van der Waals surface area contributed by atoms with E-state index in [-0.39, 0.29) is 11.5 Å². The first kappa shape index (κ1) is 17.1. The number of hydrogen-bond acceptors (Lipinski definition) is 2. The summed E-state index contributed by atoms with van der Waals surface area (Å²) < 4.78 is 6.11. The third kappa shape index (κ3) is 2.48. The number of fused-ring (bicyclic) bond motifs is 4. The standard InChI is InChI=1S/C26H25NO/c1-4-28-25-16-19-18-10-6-7-11-21(18)26(2,3)22(19)15-20(25)24-14-13-17-9-5-8-12-23(17)27-24/h5-16,24,27H,4H2,1-3H3. The molecule has 1 aliphatic heterocycles. The van der Waals surface area contributed by atoms with Gasteiger partial charge in [0.05, 0.1) is 12.6 Å². The first-order valence-corrected chi connectivity index (χ1v) is 10.0. The molecule has 2 heteroatoms. The van der Waals surface area contributed by atoms with Crippen LogP contribution in [0, 0.1) is 0 Å². The Balaban J connectivity index is 1.66. The van der Waals surface area contributed by atoms with Gasteiger partial charge in [-0.05, 0) is 52.9 Å². The van der Waals surface area contributed by atoms with Gasteiger partial charge >= 0.3 is 0 Å². The Bertz CT molecular complexity index is 1090. The molecule has 0 radical (unpaired) electrons. The van der Waals surface area contributed by atoms with Crippen molar-refractivity contribution < 1.29 is 4.74 Å². The molecule has 0 aromatic heterocycles. The van der Waals surface area contributed by atoms with E-state index in [1.165, 1.54) is 39.1 Å². The lowest BCUT2D eigenvalue weighted by atomic mass is 9.81. The molecule has 1 atom stereocenters. The molecular formula is C26H25NO. The Morgan fingerprint density at radius 3 is 2.57 bits per heavy atom. The zero-order chi connectivity index (χ0) is 19.3. The van der Waals surface area contributed by atoms with E-state index >= 15 is 0 Å². The number of hydrogen-bond donors (Lipinski definition) is 1. The fourth-order valence-corrected chi connectivity index (χ4v) is 4.64. The highest BCUT2D eigenvalue weighted by molar-refractivity contribution is 5.83. The SMILES string of the molecule is CCOc1cc2c(cc1C1C=Cc3ccccc3N1)C(C)(C)c1ccccc1-2. The molecule has 5 rings (SSSR count). The zero-order valence-electron chi connectivity index (χ0n) is 16.6. The molecule has 0 saturated heterocycles. The van der Waals surface area contributed by atoms with Crippen LogP contribution >= 0.6 is 0 Å². The molecule has 1 unspecified atom stereocenters. The summed E-state index contributed by atoms with van der Waals surface area (Å²) in [5.74, 6) is 0.968. The number of nitrogens with one attached hydrogen (secondary N) is 1. The Morgan fingerprint density at radius 2 is 1.71 bits per heavy atom. The zero-order valence-corrected chi connectivity index (χ0v) is 16.6. The molecule has 0 amide bonds. The van der Waals surface area contributed by atoms with E-state index in [4.69, 9.17) is 4.74 Å². The molecule has 28 heavy (non-hydrogen) atoms. The predicted octanol–water partition coefficient (Wildman–Crippen LogP) is 6.57. The van der Waals surface area contributed by atoms with Crippen molar-refractivity contribution in [3.05, 3.63) is 89.0 Å². The fourth-order valence-electron chi connectivity index (χ4n) is 4.64. The maximum absolute atomic E-state index is 6.11. The molecule has 3 aromatic carbocycles. The van der Waals surface area contributed by atoms with Gasteiger partial charge in [-0.1, -0.05) is 68.5 Å². The minimum atomic E-state index is -0.0122. The lowest BCUT2D eigenvalue weighted by Gasteiger charge is -2.27. The summed E-state index contributed by atoms with van der Waals surface area (Å²) in [6, 6.07) is 21.9. The third-order valence-corrected chi connectivity index (χ3v) is 6.09. The summed E-state index contributed by atoms with van der Waals surface area (Å²) in [4.78, 5) is 0. The van der Waals surface area contributed by atoms with Crippen molar-refractivity contribution in [2.75, 3.05) is 11.9 Å². The number of ether oxygens (including phenoxy) is 1. The Labute approximate surface area is 166 Å². The van der Waals surface area contributed by atoms with Crippen molar-refractivity contribution >= 4 is 11.8 Å². The van der Waals surface area contributed by atoms with E-state index in [0.29, 0.717) is 6.61 Å². The molecule has 1 N–H and O–H groups in total. The van der Waals surface area contributed by atoms with Crippen LogP contribution in [0.1, 0.15) is 49.1 Å². The summed E-state index contributed by atoms with van der Waals surface area (Å²) in [6.07, 6.45) is 4.45. The van der Waals surface area contributed by atoms with Crippen LogP contribution in [0.15, 0.2) is 66.7 Å². The van der Waals surface area contributed by atoms with Crippen molar-refractivity contribution in [1.82, 2.24) is 0 Å². The lowest BCUT2D eigenvalue weighted by Crippen LogP contribution is -2.18. The first-order chi connectivity index (χ1) is 13.6. The van der Waals surface area contributed by atoms with Crippen LogP contribution in [0.2, 0.25) is 0 Å². The average molecular weight is 367 g/mol. The molecule has 1 heterocycles. The smallest absolute Gasteiger partial charge is 0.125 e. The highest BCUT2D eigenvalue weighted by atomic mass is 16.5. The van der Waals surface area contributed by atoms with Gasteiger partial charge in [-0.15, -0.1) is 0 Å². The van der Waals surface area contributed by atoms with Crippen molar-refractivity contribution in [3.63, 3.8) is 0 Å². The highest BCUT2D eigenvalue weighted by Crippen LogP contribution is 2.51. The van der Waals surface area contributed by atoms with Crippen molar-refractivity contribution in [2.24, 2.45) is 0 Å². The summed E-state index contributed by atoms with van der Waals surface area (Å²) in [6.45, 7) is 7.35. The Hall–Kier alpha value is -3.00. The molecule has 0 bridgehead atoms. The third-order valence-electron chi connectivity index (χ3n) is 6.09. The van der Waals surface area contributed by atoms with E-state index in [0.717, 1.165) is 5.75 Å². The lowest BCUT2D eigenvalue weighted by molar-refractivity contribution is 0.336. The van der Waals surface area contributed by atoms with Crippen molar-refractivity contribution in [1.29, 1.82) is 0 Å². The van der Waals surface area contributed by atoms with Crippen LogP contribution in [0.3, 0.4) is 0 Å². The van der Waals surface area contributed by atoms with Crippen LogP contribution in [0.25, 0.3) is 17.2 Å². The van der Waals surface area contributed by atoms with Gasteiger partial charge in [0.15, 0.2) is 0 Å². The number of para-hydroxylation sites is 1. The second-order valence-corrected chi connectivity index (χ2v) is 8.11. The largest absolute Gasteiger partial charge is 0.493 e. The van der Waals surface area contributed by atoms with Crippen molar-refractivity contribution in [2.45, 2.75) is 32.2 Å². The topological polar surface area (TPSA) is 21.3 Å². The minimum Gasteiger partial charge on any atom is -0.493 e. The summed E-state index contributed by atoms with van der Waals surface area (Å²) in [5.41, 5.74) is 8.98. The van der Waals surface area contributed by atoms with Gasteiger partial charge in [0.1, 0.15) is 5.75 Å². The maximum atomic E-state index is 6.11. The molecule has 0 spiro atoms. The van der Waals surface area contributed by atoms with E-state index < -0.39 is 0 Å².